The van der Waals surface area contributed by atoms with Crippen LogP contribution in [0.4, 0.5) is 0 Å². The van der Waals surface area contributed by atoms with Crippen LogP contribution in [-0.4, -0.2) is 35.0 Å². The van der Waals surface area contributed by atoms with E-state index in [-0.39, 0.29) is 36.2 Å². The number of aliphatic hydroxyl groups excluding tert-OH is 1. The first-order valence-electron chi connectivity index (χ1n) is 6.50. The van der Waals surface area contributed by atoms with Crippen LogP contribution < -0.4 is 0 Å². The lowest BCUT2D eigenvalue weighted by molar-refractivity contribution is -0.141. The molecule has 17 heavy (non-hydrogen) atoms. The Balaban J connectivity index is 2.02. The summed E-state index contributed by atoms with van der Waals surface area (Å²) in [6, 6.07) is 0. The van der Waals surface area contributed by atoms with E-state index in [2.05, 4.69) is 6.92 Å². The first-order chi connectivity index (χ1) is 8.04. The third-order valence-electron chi connectivity index (χ3n) is 4.08. The van der Waals surface area contributed by atoms with Crippen molar-refractivity contribution in [2.75, 3.05) is 13.2 Å². The predicted octanol–water partition coefficient (Wildman–Crippen LogP) is 1.04. The molecule has 1 saturated carbocycles. The van der Waals surface area contributed by atoms with Crippen molar-refractivity contribution in [2.45, 2.75) is 33.1 Å². The quantitative estimate of drug-likeness (QED) is 0.746. The van der Waals surface area contributed by atoms with Crippen molar-refractivity contribution in [1.82, 2.24) is 4.90 Å². The van der Waals surface area contributed by atoms with Crippen LogP contribution in [0.2, 0.25) is 0 Å². The normalized spacial score (nSPS) is 34.3. The van der Waals surface area contributed by atoms with Crippen molar-refractivity contribution in [3.8, 4) is 0 Å². The Hall–Kier alpha value is -0.900. The van der Waals surface area contributed by atoms with Crippen molar-refractivity contribution >= 4 is 11.8 Å². The summed E-state index contributed by atoms with van der Waals surface area (Å²) < 4.78 is 0. The number of hydrogen-bond donors (Lipinski definition) is 1. The highest BCUT2D eigenvalue weighted by molar-refractivity contribution is 6.05. The molecule has 4 heteroatoms. The van der Waals surface area contributed by atoms with Gasteiger partial charge in [-0.15, -0.1) is 0 Å². The minimum Gasteiger partial charge on any atom is -0.396 e. The van der Waals surface area contributed by atoms with Crippen LogP contribution in [0.15, 0.2) is 0 Å². The number of likely N-dealkylation sites (tertiary alicyclic amines) is 1. The van der Waals surface area contributed by atoms with Gasteiger partial charge in [0.25, 0.3) is 0 Å². The summed E-state index contributed by atoms with van der Waals surface area (Å²) >= 11 is 0. The molecule has 0 aromatic heterocycles. The van der Waals surface area contributed by atoms with Gasteiger partial charge in [-0.25, -0.2) is 0 Å². The maximum Gasteiger partial charge on any atom is 0.233 e. The van der Waals surface area contributed by atoms with E-state index >= 15 is 0 Å². The maximum atomic E-state index is 12.1. The number of rotatable bonds is 4. The van der Waals surface area contributed by atoms with Gasteiger partial charge in [0.2, 0.25) is 11.8 Å². The average molecular weight is 239 g/mol. The maximum absolute atomic E-state index is 12.1. The molecule has 0 spiro atoms. The molecule has 1 heterocycles. The van der Waals surface area contributed by atoms with E-state index in [0.717, 1.165) is 12.8 Å². The number of carbonyl (C=O) groups is 2. The van der Waals surface area contributed by atoms with E-state index in [1.54, 1.807) is 0 Å². The number of fused-ring (bicyclic) bond motifs is 1. The van der Waals surface area contributed by atoms with E-state index in [9.17, 15) is 9.59 Å². The molecule has 3 atom stereocenters. The number of amides is 2. The minimum atomic E-state index is -0.0566. The van der Waals surface area contributed by atoms with Gasteiger partial charge in [-0.3, -0.25) is 14.5 Å². The second kappa shape index (κ2) is 4.77. The predicted molar refractivity (Wildman–Crippen MR) is 63.0 cm³/mol. The fraction of sp³-hybridized carbons (Fsp3) is 0.846. The van der Waals surface area contributed by atoms with Crippen LogP contribution in [0.5, 0.6) is 0 Å². The summed E-state index contributed by atoms with van der Waals surface area (Å²) in [7, 11) is 0. The van der Waals surface area contributed by atoms with E-state index in [1.165, 1.54) is 4.90 Å². The first-order valence-corrected chi connectivity index (χ1v) is 6.50. The van der Waals surface area contributed by atoms with Crippen molar-refractivity contribution in [2.24, 2.45) is 23.7 Å². The van der Waals surface area contributed by atoms with Gasteiger partial charge >= 0.3 is 0 Å². The molecule has 2 rings (SSSR count). The summed E-state index contributed by atoms with van der Waals surface area (Å²) in [6.07, 6.45) is 2.36. The molecule has 4 nitrogen and oxygen atoms in total. The molecule has 1 saturated heterocycles. The van der Waals surface area contributed by atoms with Gasteiger partial charge in [0.15, 0.2) is 0 Å². The van der Waals surface area contributed by atoms with Gasteiger partial charge in [0.1, 0.15) is 0 Å². The molecule has 0 aromatic rings. The van der Waals surface area contributed by atoms with Crippen LogP contribution in [0.25, 0.3) is 0 Å². The second-order valence-electron chi connectivity index (χ2n) is 5.69. The Morgan fingerprint density at radius 3 is 2.29 bits per heavy atom. The molecule has 3 unspecified atom stereocenters. The molecule has 2 amide bonds. The van der Waals surface area contributed by atoms with Gasteiger partial charge in [0.05, 0.1) is 11.8 Å². The Kier molecular flexibility index (Phi) is 3.52. The van der Waals surface area contributed by atoms with E-state index in [0.29, 0.717) is 18.9 Å². The summed E-state index contributed by atoms with van der Waals surface area (Å²) in [5, 5.41) is 8.85. The summed E-state index contributed by atoms with van der Waals surface area (Å²) in [4.78, 5) is 25.7. The lowest BCUT2D eigenvalue weighted by Crippen LogP contribution is -2.36. The van der Waals surface area contributed by atoms with Gasteiger partial charge < -0.3 is 5.11 Å². The van der Waals surface area contributed by atoms with Gasteiger partial charge in [-0.2, -0.15) is 0 Å². The third-order valence-corrected chi connectivity index (χ3v) is 4.08. The Morgan fingerprint density at radius 1 is 1.29 bits per heavy atom. The number of imide groups is 1. The molecule has 96 valence electrons. The Morgan fingerprint density at radius 2 is 1.82 bits per heavy atom. The van der Waals surface area contributed by atoms with Gasteiger partial charge in [-0.05, 0) is 31.1 Å². The molecular weight excluding hydrogens is 218 g/mol. The van der Waals surface area contributed by atoms with Gasteiger partial charge in [0, 0.05) is 13.2 Å². The molecule has 2 fully saturated rings. The zero-order valence-corrected chi connectivity index (χ0v) is 10.6. The number of hydrogen-bond acceptors (Lipinski definition) is 3. The van der Waals surface area contributed by atoms with Crippen LogP contribution >= 0.6 is 0 Å². The van der Waals surface area contributed by atoms with Crippen molar-refractivity contribution < 1.29 is 14.7 Å². The van der Waals surface area contributed by atoms with Crippen LogP contribution in [0.1, 0.15) is 33.1 Å². The highest BCUT2D eigenvalue weighted by Crippen LogP contribution is 2.43. The largest absolute Gasteiger partial charge is 0.396 e. The molecule has 0 aromatic carbocycles. The minimum absolute atomic E-state index is 0.0224. The van der Waals surface area contributed by atoms with E-state index in [1.807, 2.05) is 6.92 Å². The van der Waals surface area contributed by atoms with Crippen LogP contribution in [0.3, 0.4) is 0 Å². The van der Waals surface area contributed by atoms with Crippen LogP contribution in [-0.2, 0) is 9.59 Å². The molecular formula is C13H21NO3. The average Bonchev–Trinajstić information content (AvgIpc) is 2.74. The molecule has 1 aliphatic heterocycles. The van der Waals surface area contributed by atoms with Crippen molar-refractivity contribution in [1.29, 1.82) is 0 Å². The topological polar surface area (TPSA) is 57.6 Å². The molecule has 1 N–H and O–H groups in total. The third kappa shape index (κ3) is 2.23. The fourth-order valence-electron chi connectivity index (χ4n) is 3.15. The monoisotopic (exact) mass is 239 g/mol. The first kappa shape index (κ1) is 12.6. The fourth-order valence-corrected chi connectivity index (χ4v) is 3.15. The van der Waals surface area contributed by atoms with E-state index < -0.39 is 0 Å². The molecule has 0 bridgehead atoms. The summed E-state index contributed by atoms with van der Waals surface area (Å²) in [5.74, 6) is 0.611. The number of nitrogens with zero attached hydrogens (tertiary/aromatic N) is 1. The number of aliphatic hydroxyl groups is 1. The lowest BCUT2D eigenvalue weighted by Gasteiger charge is -2.20. The molecule has 0 radical (unpaired) electrons. The smallest absolute Gasteiger partial charge is 0.233 e. The van der Waals surface area contributed by atoms with Gasteiger partial charge in [-0.1, -0.05) is 13.8 Å². The summed E-state index contributed by atoms with van der Waals surface area (Å²) in [6.45, 7) is 4.66. The molecule has 2 aliphatic rings. The number of carbonyl (C=O) groups excluding carboxylic acids is 2. The zero-order chi connectivity index (χ0) is 12.6. The Bertz CT molecular complexity index is 305. The molecule has 1 aliphatic carbocycles. The van der Waals surface area contributed by atoms with Crippen LogP contribution in [0, 0.1) is 23.7 Å². The zero-order valence-electron chi connectivity index (χ0n) is 10.6. The second-order valence-corrected chi connectivity index (χ2v) is 5.69. The SMILES string of the molecule is CC1CC2C(=O)N(CC(C)CCO)C(=O)C2C1. The van der Waals surface area contributed by atoms with Crippen molar-refractivity contribution in [3.05, 3.63) is 0 Å². The van der Waals surface area contributed by atoms with E-state index in [4.69, 9.17) is 5.11 Å². The highest BCUT2D eigenvalue weighted by atomic mass is 16.3. The lowest BCUT2D eigenvalue weighted by atomic mass is 10.00. The highest BCUT2D eigenvalue weighted by Gasteiger charge is 2.51. The standard InChI is InChI=1S/C13H21NO3/c1-8(3-4-15)7-14-12(16)10-5-9(2)6-11(10)13(14)17/h8-11,15H,3-7H2,1-2H3. The van der Waals surface area contributed by atoms with Crippen molar-refractivity contribution in [3.63, 3.8) is 0 Å². The Labute approximate surface area is 102 Å². The summed E-state index contributed by atoms with van der Waals surface area (Å²) in [5.41, 5.74) is 0.